The minimum absolute atomic E-state index is 0.0569. The molecule has 1 N–H and O–H groups in total. The first-order chi connectivity index (χ1) is 9.25. The molecule has 1 aromatic rings. The summed E-state index contributed by atoms with van der Waals surface area (Å²) in [6.45, 7) is 1.66. The number of para-hydroxylation sites is 1. The van der Waals surface area contributed by atoms with Crippen LogP contribution in [0.3, 0.4) is 0 Å². The molecule has 1 saturated heterocycles. The molecular weight excluding hydrogens is 240 g/mol. The molecule has 19 heavy (non-hydrogen) atoms. The van der Waals surface area contributed by atoms with Crippen molar-refractivity contribution >= 4 is 11.7 Å². The number of ether oxygens (including phenoxy) is 1. The maximum absolute atomic E-state index is 11.9. The van der Waals surface area contributed by atoms with Crippen LogP contribution in [0, 0.1) is 0 Å². The molecule has 1 aliphatic heterocycles. The summed E-state index contributed by atoms with van der Waals surface area (Å²) in [5, 5.41) is 2.88. The van der Waals surface area contributed by atoms with E-state index in [1.807, 2.05) is 37.4 Å². The van der Waals surface area contributed by atoms with Gasteiger partial charge < -0.3 is 15.0 Å². The third kappa shape index (κ3) is 4.56. The van der Waals surface area contributed by atoms with E-state index in [2.05, 4.69) is 5.32 Å². The minimum Gasteiger partial charge on any atom is -0.378 e. The number of urea groups is 1. The lowest BCUT2D eigenvalue weighted by molar-refractivity contribution is 0.101. The van der Waals surface area contributed by atoms with Crippen LogP contribution in [-0.4, -0.2) is 37.2 Å². The Morgan fingerprint density at radius 1 is 1.42 bits per heavy atom. The number of nitrogens with one attached hydrogen (secondary N) is 1. The van der Waals surface area contributed by atoms with Gasteiger partial charge in [0.05, 0.1) is 6.10 Å². The largest absolute Gasteiger partial charge is 0.378 e. The van der Waals surface area contributed by atoms with E-state index in [9.17, 15) is 4.79 Å². The quantitative estimate of drug-likeness (QED) is 0.886. The first-order valence-electron chi connectivity index (χ1n) is 6.94. The van der Waals surface area contributed by atoms with Crippen molar-refractivity contribution in [3.05, 3.63) is 30.3 Å². The van der Waals surface area contributed by atoms with E-state index in [-0.39, 0.29) is 6.03 Å². The maximum atomic E-state index is 11.9. The Labute approximate surface area is 114 Å². The van der Waals surface area contributed by atoms with E-state index in [4.69, 9.17) is 4.74 Å². The molecule has 0 aliphatic carbocycles. The normalized spacial score (nSPS) is 18.3. The summed E-state index contributed by atoms with van der Waals surface area (Å²) in [5.74, 6) is 0. The number of amides is 2. The standard InChI is InChI=1S/C15H22N2O2/c1-17(11-5-9-14-10-6-12-19-14)15(18)16-13-7-3-2-4-8-13/h2-4,7-8,14H,5-6,9-12H2,1H3,(H,16,18)/t14-/m1/s1. The Bertz CT molecular complexity index is 388. The molecule has 4 nitrogen and oxygen atoms in total. The van der Waals surface area contributed by atoms with Crippen LogP contribution >= 0.6 is 0 Å². The lowest BCUT2D eigenvalue weighted by atomic mass is 10.1. The van der Waals surface area contributed by atoms with Gasteiger partial charge in [-0.2, -0.15) is 0 Å². The van der Waals surface area contributed by atoms with Gasteiger partial charge in [-0.25, -0.2) is 4.79 Å². The number of nitrogens with zero attached hydrogens (tertiary/aromatic N) is 1. The summed E-state index contributed by atoms with van der Waals surface area (Å²) in [5.41, 5.74) is 0.832. The van der Waals surface area contributed by atoms with Gasteiger partial charge in [-0.05, 0) is 37.8 Å². The predicted molar refractivity (Wildman–Crippen MR) is 76.3 cm³/mol. The SMILES string of the molecule is CN(CCC[C@@H]1CCCO1)C(=O)Nc1ccccc1. The van der Waals surface area contributed by atoms with Gasteiger partial charge in [-0.15, -0.1) is 0 Å². The second kappa shape index (κ2) is 7.14. The van der Waals surface area contributed by atoms with Crippen molar-refractivity contribution in [3.63, 3.8) is 0 Å². The number of carbonyl (C=O) groups is 1. The fourth-order valence-corrected chi connectivity index (χ4v) is 2.27. The molecule has 1 fully saturated rings. The van der Waals surface area contributed by atoms with Crippen molar-refractivity contribution in [2.45, 2.75) is 31.8 Å². The molecule has 0 aromatic heterocycles. The van der Waals surface area contributed by atoms with E-state index < -0.39 is 0 Å². The summed E-state index contributed by atoms with van der Waals surface area (Å²) in [6, 6.07) is 9.47. The van der Waals surface area contributed by atoms with Crippen LogP contribution in [-0.2, 0) is 4.74 Å². The Balaban J connectivity index is 1.67. The number of benzene rings is 1. The third-order valence-electron chi connectivity index (χ3n) is 3.42. The van der Waals surface area contributed by atoms with E-state index in [1.54, 1.807) is 4.90 Å². The molecule has 0 spiro atoms. The lowest BCUT2D eigenvalue weighted by Crippen LogP contribution is -2.32. The highest BCUT2D eigenvalue weighted by Crippen LogP contribution is 2.16. The number of hydrogen-bond donors (Lipinski definition) is 1. The Morgan fingerprint density at radius 3 is 2.89 bits per heavy atom. The number of hydrogen-bond acceptors (Lipinski definition) is 2. The molecule has 0 bridgehead atoms. The molecule has 2 rings (SSSR count). The first kappa shape index (κ1) is 13.9. The minimum atomic E-state index is -0.0569. The average molecular weight is 262 g/mol. The van der Waals surface area contributed by atoms with Crippen molar-refractivity contribution in [1.29, 1.82) is 0 Å². The van der Waals surface area contributed by atoms with Crippen molar-refractivity contribution in [3.8, 4) is 0 Å². The molecule has 1 atom stereocenters. The average Bonchev–Trinajstić information content (AvgIpc) is 2.93. The monoisotopic (exact) mass is 262 g/mol. The summed E-state index contributed by atoms with van der Waals surface area (Å²) in [7, 11) is 1.83. The van der Waals surface area contributed by atoms with Gasteiger partial charge in [0, 0.05) is 25.9 Å². The zero-order chi connectivity index (χ0) is 13.5. The molecular formula is C15H22N2O2. The fourth-order valence-electron chi connectivity index (χ4n) is 2.27. The zero-order valence-corrected chi connectivity index (χ0v) is 11.5. The predicted octanol–water partition coefficient (Wildman–Crippen LogP) is 3.11. The maximum Gasteiger partial charge on any atom is 0.321 e. The molecule has 104 valence electrons. The van der Waals surface area contributed by atoms with Crippen LogP contribution in [0.2, 0.25) is 0 Å². The Kier molecular flexibility index (Phi) is 5.21. The second-order valence-corrected chi connectivity index (χ2v) is 4.99. The second-order valence-electron chi connectivity index (χ2n) is 4.99. The van der Waals surface area contributed by atoms with Crippen molar-refractivity contribution in [2.24, 2.45) is 0 Å². The molecule has 1 aliphatic rings. The van der Waals surface area contributed by atoms with Crippen LogP contribution in [0.1, 0.15) is 25.7 Å². The van der Waals surface area contributed by atoms with Crippen LogP contribution in [0.15, 0.2) is 30.3 Å². The summed E-state index contributed by atoms with van der Waals surface area (Å²) >= 11 is 0. The van der Waals surface area contributed by atoms with Gasteiger partial charge >= 0.3 is 6.03 Å². The number of rotatable bonds is 5. The van der Waals surface area contributed by atoms with Crippen molar-refractivity contribution < 1.29 is 9.53 Å². The van der Waals surface area contributed by atoms with E-state index in [0.717, 1.165) is 31.7 Å². The summed E-state index contributed by atoms with van der Waals surface area (Å²) < 4.78 is 5.57. The number of anilines is 1. The van der Waals surface area contributed by atoms with E-state index in [1.165, 1.54) is 12.8 Å². The van der Waals surface area contributed by atoms with Crippen LogP contribution in [0.4, 0.5) is 10.5 Å². The van der Waals surface area contributed by atoms with Crippen LogP contribution in [0.25, 0.3) is 0 Å². The van der Waals surface area contributed by atoms with Gasteiger partial charge in [0.1, 0.15) is 0 Å². The zero-order valence-electron chi connectivity index (χ0n) is 11.5. The van der Waals surface area contributed by atoms with Gasteiger partial charge in [0.2, 0.25) is 0 Å². The van der Waals surface area contributed by atoms with Crippen molar-refractivity contribution in [1.82, 2.24) is 4.90 Å². The van der Waals surface area contributed by atoms with Crippen molar-refractivity contribution in [2.75, 3.05) is 25.5 Å². The lowest BCUT2D eigenvalue weighted by Gasteiger charge is -2.18. The van der Waals surface area contributed by atoms with Gasteiger partial charge in [-0.1, -0.05) is 18.2 Å². The third-order valence-corrected chi connectivity index (χ3v) is 3.42. The van der Waals surface area contributed by atoms with Crippen LogP contribution in [0.5, 0.6) is 0 Å². The molecule has 4 heteroatoms. The smallest absolute Gasteiger partial charge is 0.321 e. The highest BCUT2D eigenvalue weighted by Gasteiger charge is 2.15. The molecule has 1 heterocycles. The first-order valence-corrected chi connectivity index (χ1v) is 6.94. The highest BCUT2D eigenvalue weighted by atomic mass is 16.5. The van der Waals surface area contributed by atoms with Gasteiger partial charge in [-0.3, -0.25) is 0 Å². The van der Waals surface area contributed by atoms with E-state index >= 15 is 0 Å². The topological polar surface area (TPSA) is 41.6 Å². The van der Waals surface area contributed by atoms with Gasteiger partial charge in [0.25, 0.3) is 0 Å². The Hall–Kier alpha value is -1.55. The van der Waals surface area contributed by atoms with E-state index in [0.29, 0.717) is 6.10 Å². The summed E-state index contributed by atoms with van der Waals surface area (Å²) in [4.78, 5) is 13.6. The molecule has 2 amide bonds. The van der Waals surface area contributed by atoms with Crippen LogP contribution < -0.4 is 5.32 Å². The number of carbonyl (C=O) groups excluding carboxylic acids is 1. The highest BCUT2D eigenvalue weighted by molar-refractivity contribution is 5.89. The Morgan fingerprint density at radius 2 is 2.21 bits per heavy atom. The summed E-state index contributed by atoms with van der Waals surface area (Å²) in [6.07, 6.45) is 4.78. The molecule has 1 aromatic carbocycles. The van der Waals surface area contributed by atoms with Gasteiger partial charge in [0.15, 0.2) is 0 Å². The fraction of sp³-hybridized carbons (Fsp3) is 0.533. The molecule has 0 saturated carbocycles. The molecule has 0 unspecified atom stereocenters. The molecule has 0 radical (unpaired) electrons.